The van der Waals surface area contributed by atoms with E-state index in [1.807, 2.05) is 20.2 Å². The van der Waals surface area contributed by atoms with Crippen molar-refractivity contribution < 1.29 is 4.79 Å². The zero-order valence-corrected chi connectivity index (χ0v) is 11.1. The number of nitrogens with zero attached hydrogens (tertiary/aromatic N) is 3. The molecule has 0 saturated carbocycles. The molecule has 1 amide bonds. The first-order chi connectivity index (χ1) is 9.10. The third-order valence-electron chi connectivity index (χ3n) is 2.78. The molecule has 0 aliphatic rings. The first-order valence-corrected chi connectivity index (χ1v) is 6.11. The molecule has 0 atom stereocenters. The van der Waals surface area contributed by atoms with E-state index in [2.05, 4.69) is 15.4 Å². The molecule has 0 bridgehead atoms. The fraction of sp³-hybridized carbons (Fsp3) is 0.308. The molecule has 0 fully saturated rings. The minimum absolute atomic E-state index is 0.238. The maximum Gasteiger partial charge on any atom is 0.270 e. The fourth-order valence-electron chi connectivity index (χ4n) is 1.87. The van der Waals surface area contributed by atoms with Crippen LogP contribution < -0.4 is 11.1 Å². The van der Waals surface area contributed by atoms with Crippen LogP contribution in [0.15, 0.2) is 24.5 Å². The van der Waals surface area contributed by atoms with Gasteiger partial charge in [0, 0.05) is 37.2 Å². The van der Waals surface area contributed by atoms with Crippen molar-refractivity contribution in [2.45, 2.75) is 19.9 Å². The number of nitrogens with two attached hydrogens (primary N) is 1. The average molecular weight is 259 g/mol. The number of nitrogen functional groups attached to an aromatic ring is 1. The first kappa shape index (κ1) is 13.1. The third-order valence-corrected chi connectivity index (χ3v) is 2.78. The zero-order chi connectivity index (χ0) is 13.8. The highest BCUT2D eigenvalue weighted by Crippen LogP contribution is 2.08. The quantitative estimate of drug-likeness (QED) is 0.853. The van der Waals surface area contributed by atoms with Gasteiger partial charge in [-0.2, -0.15) is 5.10 Å². The van der Waals surface area contributed by atoms with Crippen molar-refractivity contribution in [2.75, 3.05) is 5.73 Å². The number of aryl methyl sites for hydroxylation is 2. The number of rotatable bonds is 4. The topological polar surface area (TPSA) is 85.8 Å². The molecular weight excluding hydrogens is 242 g/mol. The van der Waals surface area contributed by atoms with E-state index in [0.717, 1.165) is 17.7 Å². The van der Waals surface area contributed by atoms with Crippen molar-refractivity contribution in [3.8, 4) is 0 Å². The van der Waals surface area contributed by atoms with Gasteiger partial charge in [-0.15, -0.1) is 0 Å². The number of aromatic nitrogens is 3. The van der Waals surface area contributed by atoms with Gasteiger partial charge in [0.25, 0.3) is 5.91 Å². The van der Waals surface area contributed by atoms with Crippen LogP contribution in [0.4, 0.5) is 5.69 Å². The van der Waals surface area contributed by atoms with Crippen molar-refractivity contribution in [1.29, 1.82) is 0 Å². The second-order valence-electron chi connectivity index (χ2n) is 4.29. The SMILES string of the molecule is CCc1nn(C)cc1CNC(=O)c1cc(N)ccn1. The lowest BCUT2D eigenvalue weighted by Crippen LogP contribution is -2.24. The molecule has 2 aromatic rings. The Morgan fingerprint density at radius 1 is 1.53 bits per heavy atom. The molecular formula is C13H17N5O. The number of anilines is 1. The summed E-state index contributed by atoms with van der Waals surface area (Å²) < 4.78 is 1.75. The molecule has 0 radical (unpaired) electrons. The van der Waals surface area contributed by atoms with Gasteiger partial charge in [0.05, 0.1) is 5.69 Å². The fourth-order valence-corrected chi connectivity index (χ4v) is 1.87. The average Bonchev–Trinajstić information content (AvgIpc) is 2.76. The molecule has 0 saturated heterocycles. The Balaban J connectivity index is 2.04. The number of hydrogen-bond donors (Lipinski definition) is 2. The van der Waals surface area contributed by atoms with Crippen molar-refractivity contribution in [3.63, 3.8) is 0 Å². The molecule has 3 N–H and O–H groups in total. The number of nitrogens with one attached hydrogen (secondary N) is 1. The van der Waals surface area contributed by atoms with E-state index in [-0.39, 0.29) is 5.91 Å². The van der Waals surface area contributed by atoms with Crippen LogP contribution in [-0.2, 0) is 20.0 Å². The summed E-state index contributed by atoms with van der Waals surface area (Å²) in [6, 6.07) is 3.20. The summed E-state index contributed by atoms with van der Waals surface area (Å²) in [6.07, 6.45) is 4.26. The Kier molecular flexibility index (Phi) is 3.79. The van der Waals surface area contributed by atoms with Crippen molar-refractivity contribution in [3.05, 3.63) is 41.5 Å². The Morgan fingerprint density at radius 3 is 3.00 bits per heavy atom. The van der Waals surface area contributed by atoms with Gasteiger partial charge in [-0.05, 0) is 18.6 Å². The van der Waals surface area contributed by atoms with Gasteiger partial charge in [0.15, 0.2) is 0 Å². The van der Waals surface area contributed by atoms with Crippen LogP contribution in [0.25, 0.3) is 0 Å². The second kappa shape index (κ2) is 5.51. The summed E-state index contributed by atoms with van der Waals surface area (Å²) in [4.78, 5) is 15.9. The van der Waals surface area contributed by atoms with Crippen LogP contribution in [0.5, 0.6) is 0 Å². The van der Waals surface area contributed by atoms with Gasteiger partial charge < -0.3 is 11.1 Å². The van der Waals surface area contributed by atoms with Crippen LogP contribution in [0.2, 0.25) is 0 Å². The lowest BCUT2D eigenvalue weighted by atomic mass is 10.2. The smallest absolute Gasteiger partial charge is 0.270 e. The van der Waals surface area contributed by atoms with E-state index in [4.69, 9.17) is 5.73 Å². The standard InChI is InChI=1S/C13H17N5O/c1-3-11-9(8-18(2)17-11)7-16-13(19)12-6-10(14)4-5-15-12/h4-6,8H,3,7H2,1-2H3,(H2,14,15)(H,16,19). The van der Waals surface area contributed by atoms with Crippen LogP contribution >= 0.6 is 0 Å². The van der Waals surface area contributed by atoms with E-state index in [1.165, 1.54) is 6.20 Å². The number of pyridine rings is 1. The Bertz CT molecular complexity index is 590. The molecule has 0 unspecified atom stereocenters. The predicted molar refractivity (Wildman–Crippen MR) is 72.4 cm³/mol. The predicted octanol–water partition coefficient (Wildman–Crippen LogP) is 0.890. The summed E-state index contributed by atoms with van der Waals surface area (Å²) in [5.74, 6) is -0.238. The van der Waals surface area contributed by atoms with Crippen LogP contribution in [0.1, 0.15) is 28.7 Å². The maximum absolute atomic E-state index is 11.9. The molecule has 0 aliphatic carbocycles. The number of carbonyl (C=O) groups excluding carboxylic acids is 1. The molecule has 2 rings (SSSR count). The van der Waals surface area contributed by atoms with Crippen LogP contribution in [0.3, 0.4) is 0 Å². The summed E-state index contributed by atoms with van der Waals surface area (Å²) in [5, 5.41) is 7.14. The monoisotopic (exact) mass is 259 g/mol. The minimum atomic E-state index is -0.238. The van der Waals surface area contributed by atoms with E-state index >= 15 is 0 Å². The van der Waals surface area contributed by atoms with E-state index in [1.54, 1.807) is 16.8 Å². The van der Waals surface area contributed by atoms with Gasteiger partial charge in [0.2, 0.25) is 0 Å². The lowest BCUT2D eigenvalue weighted by molar-refractivity contribution is 0.0946. The molecule has 0 aromatic carbocycles. The Hall–Kier alpha value is -2.37. The van der Waals surface area contributed by atoms with Crippen LogP contribution in [0, 0.1) is 0 Å². The number of carbonyl (C=O) groups is 1. The highest BCUT2D eigenvalue weighted by molar-refractivity contribution is 5.92. The van der Waals surface area contributed by atoms with E-state index < -0.39 is 0 Å². The summed E-state index contributed by atoms with van der Waals surface area (Å²) in [7, 11) is 1.87. The van der Waals surface area contributed by atoms with Gasteiger partial charge in [-0.25, -0.2) is 0 Å². The number of amides is 1. The molecule has 2 heterocycles. The highest BCUT2D eigenvalue weighted by Gasteiger charge is 2.10. The Morgan fingerprint density at radius 2 is 2.32 bits per heavy atom. The maximum atomic E-state index is 11.9. The lowest BCUT2D eigenvalue weighted by Gasteiger charge is -2.04. The van der Waals surface area contributed by atoms with Crippen molar-refractivity contribution in [2.24, 2.45) is 7.05 Å². The Labute approximate surface area is 111 Å². The summed E-state index contributed by atoms with van der Waals surface area (Å²) in [6.45, 7) is 2.47. The molecule has 19 heavy (non-hydrogen) atoms. The summed E-state index contributed by atoms with van der Waals surface area (Å²) in [5.41, 5.74) is 8.47. The van der Waals surface area contributed by atoms with Crippen molar-refractivity contribution in [1.82, 2.24) is 20.1 Å². The second-order valence-corrected chi connectivity index (χ2v) is 4.29. The van der Waals surface area contributed by atoms with Gasteiger partial charge in [-0.3, -0.25) is 14.5 Å². The molecule has 0 spiro atoms. The molecule has 0 aliphatic heterocycles. The molecule has 6 nitrogen and oxygen atoms in total. The number of hydrogen-bond acceptors (Lipinski definition) is 4. The van der Waals surface area contributed by atoms with E-state index in [9.17, 15) is 4.79 Å². The zero-order valence-electron chi connectivity index (χ0n) is 11.1. The highest BCUT2D eigenvalue weighted by atomic mass is 16.1. The van der Waals surface area contributed by atoms with Crippen molar-refractivity contribution >= 4 is 11.6 Å². The third kappa shape index (κ3) is 3.09. The molecule has 6 heteroatoms. The largest absolute Gasteiger partial charge is 0.399 e. The van der Waals surface area contributed by atoms with Gasteiger partial charge in [-0.1, -0.05) is 6.92 Å². The minimum Gasteiger partial charge on any atom is -0.399 e. The molecule has 100 valence electrons. The normalized spacial score (nSPS) is 10.4. The summed E-state index contributed by atoms with van der Waals surface area (Å²) >= 11 is 0. The van der Waals surface area contributed by atoms with Crippen LogP contribution in [-0.4, -0.2) is 20.7 Å². The van der Waals surface area contributed by atoms with Gasteiger partial charge in [0.1, 0.15) is 5.69 Å². The van der Waals surface area contributed by atoms with Gasteiger partial charge >= 0.3 is 0 Å². The molecule has 2 aromatic heterocycles. The van der Waals surface area contributed by atoms with E-state index in [0.29, 0.717) is 17.9 Å². The first-order valence-electron chi connectivity index (χ1n) is 6.11.